The fourth-order valence-electron chi connectivity index (χ4n) is 3.19. The lowest BCUT2D eigenvalue weighted by atomic mass is 9.87. The number of carbonyl (C=O) groups excluding carboxylic acids is 2. The van der Waals surface area contributed by atoms with Crippen molar-refractivity contribution >= 4 is 23.6 Å². The number of hydrogen-bond acceptors (Lipinski definition) is 6. The van der Waals surface area contributed by atoms with E-state index in [0.717, 1.165) is 29.7 Å². The lowest BCUT2D eigenvalue weighted by Crippen LogP contribution is -2.69. The summed E-state index contributed by atoms with van der Waals surface area (Å²) < 4.78 is 10.6. The predicted octanol–water partition coefficient (Wildman–Crippen LogP) is 1.40. The number of carbonyl (C=O) groups is 2. The number of hydrogen-bond donors (Lipinski definition) is 1. The third kappa shape index (κ3) is 2.31. The van der Waals surface area contributed by atoms with Gasteiger partial charge in [0.15, 0.2) is 0 Å². The van der Waals surface area contributed by atoms with Crippen molar-refractivity contribution in [2.75, 3.05) is 7.11 Å². The number of esters is 1. The van der Waals surface area contributed by atoms with Gasteiger partial charge in [0.25, 0.3) is 0 Å². The van der Waals surface area contributed by atoms with Gasteiger partial charge in [-0.3, -0.25) is 9.69 Å². The average molecular weight is 346 g/mol. The molecule has 2 N–H and O–H groups in total. The van der Waals surface area contributed by atoms with E-state index in [2.05, 4.69) is 0 Å². The Balaban J connectivity index is 1.48. The minimum Gasteiger partial charge on any atom is -0.497 e. The summed E-state index contributed by atoms with van der Waals surface area (Å²) in [6.07, 6.45) is 1.87. The second-order valence-electron chi connectivity index (χ2n) is 6.09. The van der Waals surface area contributed by atoms with Crippen LogP contribution in [-0.2, 0) is 20.9 Å². The second-order valence-corrected chi connectivity index (χ2v) is 7.41. The molecule has 24 heavy (non-hydrogen) atoms. The maximum Gasteiger partial charge on any atom is 0.355 e. The summed E-state index contributed by atoms with van der Waals surface area (Å²) in [6, 6.07) is 6.82. The molecular weight excluding hydrogens is 328 g/mol. The van der Waals surface area contributed by atoms with E-state index in [1.54, 1.807) is 18.9 Å². The first-order valence-corrected chi connectivity index (χ1v) is 8.81. The van der Waals surface area contributed by atoms with Crippen molar-refractivity contribution in [3.63, 3.8) is 0 Å². The van der Waals surface area contributed by atoms with Crippen LogP contribution in [0.4, 0.5) is 0 Å². The second kappa shape index (κ2) is 5.82. The summed E-state index contributed by atoms with van der Waals surface area (Å²) in [5, 5.41) is 0.170. The molecule has 1 saturated carbocycles. The molecule has 0 spiro atoms. The number of thioether (sulfide) groups is 1. The number of nitrogens with zero attached hydrogens (tertiary/aromatic N) is 1. The van der Waals surface area contributed by atoms with Crippen LogP contribution in [0.5, 0.6) is 5.75 Å². The minimum absolute atomic E-state index is 0.130. The Kier molecular flexibility index (Phi) is 3.77. The van der Waals surface area contributed by atoms with Gasteiger partial charge in [0, 0.05) is 5.25 Å². The molecular formula is C17H18N2O4S. The molecule has 6 nitrogen and oxygen atoms in total. The summed E-state index contributed by atoms with van der Waals surface area (Å²) in [5.74, 6) is 0.123. The highest BCUT2D eigenvalue weighted by Crippen LogP contribution is 2.51. The number of nitrogens with two attached hydrogens (primary N) is 1. The topological polar surface area (TPSA) is 81.9 Å². The molecule has 1 amide bonds. The van der Waals surface area contributed by atoms with Gasteiger partial charge in [-0.2, -0.15) is 0 Å². The summed E-state index contributed by atoms with van der Waals surface area (Å²) in [5.41, 5.74) is 8.18. The van der Waals surface area contributed by atoms with E-state index >= 15 is 0 Å². The molecule has 0 unspecified atom stereocenters. The van der Waals surface area contributed by atoms with Crippen LogP contribution in [0, 0.1) is 0 Å². The van der Waals surface area contributed by atoms with E-state index in [1.165, 1.54) is 4.90 Å². The Labute approximate surface area is 144 Å². The van der Waals surface area contributed by atoms with Crippen LogP contribution in [0.2, 0.25) is 0 Å². The molecule has 3 aliphatic rings. The Hall–Kier alpha value is -1.99. The quantitative estimate of drug-likeness (QED) is 0.655. The van der Waals surface area contributed by atoms with Crippen molar-refractivity contribution in [2.45, 2.75) is 36.1 Å². The number of rotatable bonds is 4. The molecule has 2 aliphatic heterocycles. The van der Waals surface area contributed by atoms with Crippen molar-refractivity contribution in [3.05, 3.63) is 41.1 Å². The number of ether oxygens (including phenoxy) is 2. The maximum atomic E-state index is 12.6. The van der Waals surface area contributed by atoms with Gasteiger partial charge in [-0.1, -0.05) is 12.1 Å². The normalized spacial score (nSPS) is 27.7. The van der Waals surface area contributed by atoms with Crippen LogP contribution < -0.4 is 10.5 Å². The largest absolute Gasteiger partial charge is 0.497 e. The first-order valence-electron chi connectivity index (χ1n) is 7.87. The maximum absolute atomic E-state index is 12.6. The third-order valence-corrected chi connectivity index (χ3v) is 6.35. The fourth-order valence-corrected chi connectivity index (χ4v) is 4.79. The average Bonchev–Trinajstić information content (AvgIpc) is 2.59. The summed E-state index contributed by atoms with van der Waals surface area (Å²) in [7, 11) is 1.60. The molecule has 7 heteroatoms. The highest BCUT2D eigenvalue weighted by molar-refractivity contribution is 8.01. The van der Waals surface area contributed by atoms with E-state index < -0.39 is 12.0 Å². The molecule has 0 bridgehead atoms. The third-order valence-electron chi connectivity index (χ3n) is 4.72. The van der Waals surface area contributed by atoms with Gasteiger partial charge in [0.05, 0.1) is 7.11 Å². The molecule has 1 aliphatic carbocycles. The zero-order valence-corrected chi connectivity index (χ0v) is 14.0. The summed E-state index contributed by atoms with van der Waals surface area (Å²) in [6.45, 7) is 0.163. The number of methoxy groups -OCH3 is 1. The molecule has 1 aromatic carbocycles. The van der Waals surface area contributed by atoms with Crippen molar-refractivity contribution in [3.8, 4) is 5.75 Å². The first-order chi connectivity index (χ1) is 11.6. The summed E-state index contributed by atoms with van der Waals surface area (Å²) >= 11 is 1.68. The van der Waals surface area contributed by atoms with Crippen LogP contribution in [0.3, 0.4) is 0 Å². The van der Waals surface area contributed by atoms with E-state index in [0.29, 0.717) is 10.9 Å². The monoisotopic (exact) mass is 346 g/mol. The van der Waals surface area contributed by atoms with Gasteiger partial charge in [-0.25, -0.2) is 4.79 Å². The molecule has 0 radical (unpaired) electrons. The number of β-lactam (4-membered cyclic amide) rings is 1. The molecule has 2 heterocycles. The smallest absolute Gasteiger partial charge is 0.355 e. The molecule has 2 fully saturated rings. The van der Waals surface area contributed by atoms with Crippen LogP contribution in [0.1, 0.15) is 18.4 Å². The van der Waals surface area contributed by atoms with Gasteiger partial charge in [0.2, 0.25) is 5.91 Å². The zero-order chi connectivity index (χ0) is 16.8. The van der Waals surface area contributed by atoms with Crippen molar-refractivity contribution in [1.82, 2.24) is 4.90 Å². The molecule has 3 atom stereocenters. The van der Waals surface area contributed by atoms with E-state index in [1.807, 2.05) is 24.3 Å². The lowest BCUT2D eigenvalue weighted by molar-refractivity contribution is -0.151. The highest BCUT2D eigenvalue weighted by atomic mass is 32.2. The molecule has 1 saturated heterocycles. The molecule has 1 aromatic rings. The number of fused-ring (bicyclic) bond motifs is 2. The zero-order valence-electron chi connectivity index (χ0n) is 13.2. The minimum atomic E-state index is -0.512. The highest BCUT2D eigenvalue weighted by Gasteiger charge is 2.55. The van der Waals surface area contributed by atoms with Crippen LogP contribution in [-0.4, -0.2) is 40.6 Å². The standard InChI is InChI=1S/C17H18N2O4S/c1-22-10-4-2-9(3-5-10)8-23-17(21)14-11-6-7-12(11)24-16-13(18)15(20)19(14)16/h2-5,12-13,16H,6-8,18H2,1H3/t12-,13+,16+/m0/s1. The molecule has 4 rings (SSSR count). The number of amides is 1. The van der Waals surface area contributed by atoms with E-state index in [9.17, 15) is 9.59 Å². The van der Waals surface area contributed by atoms with Gasteiger partial charge in [0.1, 0.15) is 29.5 Å². The Bertz CT molecular complexity index is 731. The van der Waals surface area contributed by atoms with Gasteiger partial charge in [-0.15, -0.1) is 11.8 Å². The van der Waals surface area contributed by atoms with Crippen LogP contribution >= 0.6 is 11.8 Å². The van der Waals surface area contributed by atoms with Gasteiger partial charge in [-0.05, 0) is 36.1 Å². The van der Waals surface area contributed by atoms with E-state index in [-0.39, 0.29) is 17.9 Å². The Morgan fingerprint density at radius 1 is 1.38 bits per heavy atom. The van der Waals surface area contributed by atoms with Crippen molar-refractivity contribution < 1.29 is 19.1 Å². The van der Waals surface area contributed by atoms with Gasteiger partial charge < -0.3 is 15.2 Å². The molecule has 126 valence electrons. The van der Waals surface area contributed by atoms with Crippen molar-refractivity contribution in [1.29, 1.82) is 0 Å². The first kappa shape index (κ1) is 15.5. The SMILES string of the molecule is COc1ccc(COC(=O)C2=C3CC[C@@H]3S[C@@H]3[C@H](N)C(=O)N23)cc1. The number of benzene rings is 1. The summed E-state index contributed by atoms with van der Waals surface area (Å²) in [4.78, 5) is 26.2. The van der Waals surface area contributed by atoms with E-state index in [4.69, 9.17) is 15.2 Å². The molecule has 0 aromatic heterocycles. The van der Waals surface area contributed by atoms with Crippen LogP contribution in [0.25, 0.3) is 0 Å². The van der Waals surface area contributed by atoms with Crippen molar-refractivity contribution in [2.24, 2.45) is 5.73 Å². The Morgan fingerprint density at radius 3 is 2.75 bits per heavy atom. The van der Waals surface area contributed by atoms with Gasteiger partial charge >= 0.3 is 5.97 Å². The van der Waals surface area contributed by atoms with Crippen LogP contribution in [0.15, 0.2) is 35.5 Å². The fraction of sp³-hybridized carbons (Fsp3) is 0.412. The predicted molar refractivity (Wildman–Crippen MR) is 89.0 cm³/mol. The lowest BCUT2D eigenvalue weighted by Gasteiger charge is -2.53. The Morgan fingerprint density at radius 2 is 2.12 bits per heavy atom.